The number of anilines is 2. The first kappa shape index (κ1) is 21.2. The van der Waals surface area contributed by atoms with Gasteiger partial charge >= 0.3 is 6.03 Å². The molecule has 3 amide bonds. The molecule has 2 aromatic rings. The van der Waals surface area contributed by atoms with Gasteiger partial charge in [-0.15, -0.1) is 0 Å². The van der Waals surface area contributed by atoms with E-state index in [1.165, 1.54) is 25.7 Å². The zero-order chi connectivity index (χ0) is 21.5. The lowest BCUT2D eigenvalue weighted by Gasteiger charge is -2.25. The van der Waals surface area contributed by atoms with E-state index in [0.29, 0.717) is 19.5 Å². The normalized spacial score (nSPS) is 16.8. The van der Waals surface area contributed by atoms with Crippen molar-refractivity contribution < 1.29 is 9.59 Å². The van der Waals surface area contributed by atoms with E-state index in [-0.39, 0.29) is 11.9 Å². The van der Waals surface area contributed by atoms with Gasteiger partial charge in [-0.25, -0.2) is 4.79 Å². The molecule has 2 aromatic carbocycles. The third-order valence-corrected chi connectivity index (χ3v) is 6.09. The molecule has 0 aromatic heterocycles. The second-order valence-corrected chi connectivity index (χ2v) is 8.46. The topological polar surface area (TPSA) is 64.7 Å². The van der Waals surface area contributed by atoms with E-state index in [0.717, 1.165) is 48.6 Å². The first-order valence-corrected chi connectivity index (χ1v) is 11.4. The molecule has 2 N–H and O–H groups in total. The highest BCUT2D eigenvalue weighted by molar-refractivity contribution is 5.93. The van der Waals surface area contributed by atoms with Gasteiger partial charge in [0, 0.05) is 39.1 Å². The molecule has 0 aliphatic carbocycles. The summed E-state index contributed by atoms with van der Waals surface area (Å²) in [6.07, 6.45) is 6.54. The Balaban J connectivity index is 1.34. The summed E-state index contributed by atoms with van der Waals surface area (Å²) < 4.78 is 0. The van der Waals surface area contributed by atoms with Crippen LogP contribution in [-0.4, -0.2) is 36.5 Å². The third-order valence-electron chi connectivity index (χ3n) is 6.09. The summed E-state index contributed by atoms with van der Waals surface area (Å²) in [7, 11) is 0. The molecule has 0 radical (unpaired) electrons. The van der Waals surface area contributed by atoms with Crippen molar-refractivity contribution in [3.63, 3.8) is 0 Å². The van der Waals surface area contributed by atoms with Crippen LogP contribution >= 0.6 is 0 Å². The van der Waals surface area contributed by atoms with Crippen LogP contribution in [0.4, 0.5) is 16.2 Å². The maximum Gasteiger partial charge on any atom is 0.319 e. The zero-order valence-corrected chi connectivity index (χ0v) is 18.1. The van der Waals surface area contributed by atoms with Gasteiger partial charge < -0.3 is 20.4 Å². The van der Waals surface area contributed by atoms with Crippen LogP contribution in [0.5, 0.6) is 0 Å². The van der Waals surface area contributed by atoms with Crippen molar-refractivity contribution in [1.82, 2.24) is 10.2 Å². The summed E-state index contributed by atoms with van der Waals surface area (Å²) in [6.45, 7) is 3.99. The molecule has 2 saturated heterocycles. The first-order valence-electron chi connectivity index (χ1n) is 11.4. The average molecular weight is 421 g/mol. The van der Waals surface area contributed by atoms with Crippen molar-refractivity contribution in [3.8, 4) is 0 Å². The molecule has 0 spiro atoms. The van der Waals surface area contributed by atoms with Gasteiger partial charge in [-0.2, -0.15) is 0 Å². The van der Waals surface area contributed by atoms with Crippen LogP contribution in [-0.2, 0) is 17.9 Å². The van der Waals surface area contributed by atoms with E-state index >= 15 is 0 Å². The number of carbonyl (C=O) groups excluding carboxylic acids is 2. The molecular weight excluding hydrogens is 388 g/mol. The first-order chi connectivity index (χ1) is 15.2. The van der Waals surface area contributed by atoms with E-state index in [2.05, 4.69) is 27.7 Å². The molecule has 31 heavy (non-hydrogen) atoms. The van der Waals surface area contributed by atoms with Crippen LogP contribution < -0.4 is 15.5 Å². The summed E-state index contributed by atoms with van der Waals surface area (Å²) in [5.41, 5.74) is 4.07. The van der Waals surface area contributed by atoms with Crippen LogP contribution in [0.15, 0.2) is 48.5 Å². The van der Waals surface area contributed by atoms with Crippen LogP contribution in [0.25, 0.3) is 0 Å². The lowest BCUT2D eigenvalue weighted by atomic mass is 10.1. The van der Waals surface area contributed by atoms with Crippen LogP contribution in [0.2, 0.25) is 0 Å². The highest BCUT2D eigenvalue weighted by Gasteiger charge is 2.20. The minimum atomic E-state index is -0.206. The third kappa shape index (κ3) is 5.78. The van der Waals surface area contributed by atoms with Crippen LogP contribution in [0.3, 0.4) is 0 Å². The molecule has 0 atom stereocenters. The predicted molar refractivity (Wildman–Crippen MR) is 124 cm³/mol. The molecule has 0 bridgehead atoms. The molecule has 0 saturated carbocycles. The van der Waals surface area contributed by atoms with E-state index in [4.69, 9.17) is 0 Å². The summed E-state index contributed by atoms with van der Waals surface area (Å²) in [6, 6.07) is 15.9. The fourth-order valence-electron chi connectivity index (χ4n) is 4.45. The summed E-state index contributed by atoms with van der Waals surface area (Å²) >= 11 is 0. The van der Waals surface area contributed by atoms with E-state index in [1.54, 1.807) is 0 Å². The Morgan fingerprint density at radius 1 is 0.871 bits per heavy atom. The number of nitrogens with zero attached hydrogens (tertiary/aromatic N) is 2. The number of urea groups is 1. The lowest BCUT2D eigenvalue weighted by Crippen LogP contribution is -2.30. The quantitative estimate of drug-likeness (QED) is 0.723. The largest absolute Gasteiger partial charge is 0.370 e. The smallest absolute Gasteiger partial charge is 0.319 e. The zero-order valence-electron chi connectivity index (χ0n) is 18.1. The van der Waals surface area contributed by atoms with Gasteiger partial charge in [0.1, 0.15) is 0 Å². The number of para-hydroxylation sites is 2. The van der Waals surface area contributed by atoms with Crippen molar-refractivity contribution in [1.29, 1.82) is 0 Å². The number of benzene rings is 2. The van der Waals surface area contributed by atoms with E-state index in [9.17, 15) is 9.59 Å². The predicted octanol–water partition coefficient (Wildman–Crippen LogP) is 4.51. The number of hydrogen-bond donors (Lipinski definition) is 2. The second-order valence-electron chi connectivity index (χ2n) is 8.46. The molecule has 4 rings (SSSR count). The molecule has 6 nitrogen and oxygen atoms in total. The highest BCUT2D eigenvalue weighted by atomic mass is 16.2. The number of likely N-dealkylation sites (tertiary alicyclic amines) is 1. The van der Waals surface area contributed by atoms with Crippen molar-refractivity contribution in [2.24, 2.45) is 0 Å². The van der Waals surface area contributed by atoms with Crippen molar-refractivity contribution in [2.75, 3.05) is 29.9 Å². The van der Waals surface area contributed by atoms with Crippen LogP contribution in [0, 0.1) is 0 Å². The van der Waals surface area contributed by atoms with E-state index < -0.39 is 0 Å². The molecular formula is C25H32N4O2. The molecule has 2 aliphatic rings. The number of rotatable bonds is 6. The van der Waals surface area contributed by atoms with Gasteiger partial charge in [-0.05, 0) is 42.5 Å². The second kappa shape index (κ2) is 10.3. The standard InChI is InChI=1S/C25H32N4O2/c30-24-13-8-16-29(24)19-21-10-7-9-20(17-21)18-26-25(31)27-22-11-3-4-12-23(22)28-14-5-1-2-6-15-28/h3-4,7,9-12,17H,1-2,5-6,8,13-16,18-19H2,(H2,26,27,31). The number of carbonyl (C=O) groups is 2. The van der Waals surface area contributed by atoms with Crippen molar-refractivity contribution >= 4 is 23.3 Å². The minimum Gasteiger partial charge on any atom is -0.370 e. The van der Waals surface area contributed by atoms with E-state index in [1.807, 2.05) is 41.3 Å². The molecule has 2 aliphatic heterocycles. The number of nitrogens with one attached hydrogen (secondary N) is 2. The van der Waals surface area contributed by atoms with Gasteiger partial charge in [-0.3, -0.25) is 4.79 Å². The van der Waals surface area contributed by atoms with Gasteiger partial charge in [0.15, 0.2) is 0 Å². The molecule has 0 unspecified atom stereocenters. The Morgan fingerprint density at radius 3 is 2.42 bits per heavy atom. The minimum absolute atomic E-state index is 0.206. The lowest BCUT2D eigenvalue weighted by molar-refractivity contribution is -0.128. The summed E-state index contributed by atoms with van der Waals surface area (Å²) in [4.78, 5) is 28.8. The monoisotopic (exact) mass is 420 g/mol. The number of hydrogen-bond acceptors (Lipinski definition) is 3. The Labute approximate surface area is 184 Å². The Hall–Kier alpha value is -3.02. The Bertz CT molecular complexity index is 906. The molecule has 2 fully saturated rings. The van der Waals surface area contributed by atoms with Crippen molar-refractivity contribution in [3.05, 3.63) is 59.7 Å². The SMILES string of the molecule is O=C(NCc1cccc(CN2CCCC2=O)c1)Nc1ccccc1N1CCCCCC1. The summed E-state index contributed by atoms with van der Waals surface area (Å²) in [5.74, 6) is 0.228. The van der Waals surface area contributed by atoms with Crippen molar-refractivity contribution in [2.45, 2.75) is 51.6 Å². The Morgan fingerprint density at radius 2 is 1.65 bits per heavy atom. The fraction of sp³-hybridized carbons (Fsp3) is 0.440. The average Bonchev–Trinajstić information content (AvgIpc) is 3.01. The number of amides is 3. The van der Waals surface area contributed by atoms with Gasteiger partial charge in [0.25, 0.3) is 0 Å². The van der Waals surface area contributed by atoms with Gasteiger partial charge in [0.05, 0.1) is 11.4 Å². The molecule has 6 heteroatoms. The fourth-order valence-corrected chi connectivity index (χ4v) is 4.45. The summed E-state index contributed by atoms with van der Waals surface area (Å²) in [5, 5.41) is 6.00. The molecule has 164 valence electrons. The van der Waals surface area contributed by atoms with Crippen LogP contribution in [0.1, 0.15) is 49.7 Å². The van der Waals surface area contributed by atoms with Gasteiger partial charge in [-0.1, -0.05) is 49.2 Å². The highest BCUT2D eigenvalue weighted by Crippen LogP contribution is 2.28. The maximum absolute atomic E-state index is 12.6. The molecule has 2 heterocycles. The maximum atomic E-state index is 12.6. The Kier molecular flexibility index (Phi) is 7.07. The van der Waals surface area contributed by atoms with Gasteiger partial charge in [0.2, 0.25) is 5.91 Å².